The van der Waals surface area contributed by atoms with Crippen molar-refractivity contribution in [1.29, 1.82) is 0 Å². The highest BCUT2D eigenvalue weighted by atomic mass is 32.2. The molecule has 1 heterocycles. The maximum Gasteiger partial charge on any atom is 0.258 e. The molecule has 0 bridgehead atoms. The van der Waals surface area contributed by atoms with Gasteiger partial charge in [-0.05, 0) is 36.1 Å². The third-order valence-electron chi connectivity index (χ3n) is 3.05. The Morgan fingerprint density at radius 2 is 1.96 bits per heavy atom. The maximum atomic E-state index is 12.3. The highest BCUT2D eigenvalue weighted by molar-refractivity contribution is 7.99. The molecule has 0 aliphatic carbocycles. The van der Waals surface area contributed by atoms with E-state index in [-0.39, 0.29) is 5.91 Å². The summed E-state index contributed by atoms with van der Waals surface area (Å²) in [6, 6.07) is 16.4. The summed E-state index contributed by atoms with van der Waals surface area (Å²) >= 11 is 1.50. The smallest absolute Gasteiger partial charge is 0.258 e. The van der Waals surface area contributed by atoms with Crippen LogP contribution < -0.4 is 10.1 Å². The number of H-pyrrole nitrogens is 1. The van der Waals surface area contributed by atoms with Crippen LogP contribution in [0.2, 0.25) is 0 Å². The zero-order valence-corrected chi connectivity index (χ0v) is 13.8. The summed E-state index contributed by atoms with van der Waals surface area (Å²) in [4.78, 5) is 16.5. The Labute approximate surface area is 143 Å². The third-order valence-corrected chi connectivity index (χ3v) is 3.77. The first-order valence-corrected chi connectivity index (χ1v) is 8.42. The summed E-state index contributed by atoms with van der Waals surface area (Å²) < 4.78 is 5.74. The second-order valence-electron chi connectivity index (χ2n) is 4.80. The summed E-state index contributed by atoms with van der Waals surface area (Å²) in [5.74, 6) is 2.22. The van der Waals surface area contributed by atoms with Crippen molar-refractivity contribution in [2.45, 2.75) is 12.1 Å². The number of hydrogen-bond donors (Lipinski definition) is 2. The number of ether oxygens (including phenoxy) is 1. The average molecular weight is 340 g/mol. The van der Waals surface area contributed by atoms with Gasteiger partial charge < -0.3 is 4.74 Å². The monoisotopic (exact) mass is 340 g/mol. The Morgan fingerprint density at radius 1 is 1.17 bits per heavy atom. The molecule has 0 atom stereocenters. The maximum absolute atomic E-state index is 12.3. The lowest BCUT2D eigenvalue weighted by atomic mass is 10.2. The van der Waals surface area contributed by atoms with Crippen LogP contribution in [0, 0.1) is 0 Å². The molecule has 0 fully saturated rings. The number of amides is 1. The fourth-order valence-corrected chi connectivity index (χ4v) is 2.53. The number of carbonyl (C=O) groups is 1. The van der Waals surface area contributed by atoms with Gasteiger partial charge in [0.2, 0.25) is 11.1 Å². The standard InChI is InChI=1S/C17H16N4O2S/c1-2-24-17-19-16(20-21-17)18-15(22)12-7-6-10-14(11-12)23-13-8-4-3-5-9-13/h3-11H,2H2,1H3,(H2,18,19,20,21,22). The minimum absolute atomic E-state index is 0.280. The summed E-state index contributed by atoms with van der Waals surface area (Å²) in [6.45, 7) is 2.01. The van der Waals surface area contributed by atoms with Crippen molar-refractivity contribution >= 4 is 23.6 Å². The first-order valence-electron chi connectivity index (χ1n) is 7.44. The summed E-state index contributed by atoms with van der Waals surface area (Å²) in [5.41, 5.74) is 0.476. The molecule has 0 spiro atoms. The van der Waals surface area contributed by atoms with Crippen molar-refractivity contribution in [3.05, 3.63) is 60.2 Å². The van der Waals surface area contributed by atoms with Crippen LogP contribution in [0.4, 0.5) is 5.95 Å². The lowest BCUT2D eigenvalue weighted by molar-refractivity contribution is 0.102. The van der Waals surface area contributed by atoms with E-state index < -0.39 is 0 Å². The van der Waals surface area contributed by atoms with Crippen LogP contribution in [-0.2, 0) is 0 Å². The van der Waals surface area contributed by atoms with Gasteiger partial charge in [-0.2, -0.15) is 4.98 Å². The van der Waals surface area contributed by atoms with Gasteiger partial charge in [0.25, 0.3) is 5.91 Å². The van der Waals surface area contributed by atoms with E-state index in [4.69, 9.17) is 4.74 Å². The average Bonchev–Trinajstić information content (AvgIpc) is 3.03. The molecule has 122 valence electrons. The number of rotatable bonds is 6. The zero-order chi connectivity index (χ0) is 16.8. The topological polar surface area (TPSA) is 79.9 Å². The fourth-order valence-electron chi connectivity index (χ4n) is 2.00. The van der Waals surface area contributed by atoms with E-state index in [9.17, 15) is 4.79 Å². The van der Waals surface area contributed by atoms with Gasteiger partial charge in [-0.3, -0.25) is 10.1 Å². The first-order chi connectivity index (χ1) is 11.7. The molecule has 2 aromatic carbocycles. The normalized spacial score (nSPS) is 10.4. The minimum atomic E-state index is -0.280. The van der Waals surface area contributed by atoms with E-state index in [1.54, 1.807) is 24.3 Å². The van der Waals surface area contributed by atoms with Crippen LogP contribution in [0.5, 0.6) is 11.5 Å². The van der Waals surface area contributed by atoms with Gasteiger partial charge in [-0.1, -0.05) is 43.0 Å². The SMILES string of the molecule is CCSc1n[nH]c(NC(=O)c2cccc(Oc3ccccc3)c2)n1. The van der Waals surface area contributed by atoms with E-state index in [1.165, 1.54) is 11.8 Å². The van der Waals surface area contributed by atoms with Crippen LogP contribution in [0.1, 0.15) is 17.3 Å². The van der Waals surface area contributed by atoms with Crippen LogP contribution in [-0.4, -0.2) is 26.8 Å². The number of thioether (sulfide) groups is 1. The van der Waals surface area contributed by atoms with Crippen molar-refractivity contribution in [1.82, 2.24) is 15.2 Å². The van der Waals surface area contributed by atoms with Crippen molar-refractivity contribution in [3.63, 3.8) is 0 Å². The molecule has 3 rings (SSSR count). The molecule has 0 saturated carbocycles. The Bertz CT molecular complexity index is 820. The summed E-state index contributed by atoms with van der Waals surface area (Å²) in [6.07, 6.45) is 0. The number of hydrogen-bond acceptors (Lipinski definition) is 5. The van der Waals surface area contributed by atoms with Crippen molar-refractivity contribution in [2.24, 2.45) is 0 Å². The Hall–Kier alpha value is -2.80. The molecular formula is C17H16N4O2S. The lowest BCUT2D eigenvalue weighted by Crippen LogP contribution is -2.13. The number of aromatic nitrogens is 3. The molecule has 0 saturated heterocycles. The largest absolute Gasteiger partial charge is 0.457 e. The van der Waals surface area contributed by atoms with Gasteiger partial charge in [0.1, 0.15) is 11.5 Å². The number of benzene rings is 2. The molecule has 2 N–H and O–H groups in total. The van der Waals surface area contributed by atoms with Crippen molar-refractivity contribution in [3.8, 4) is 11.5 Å². The van der Waals surface area contributed by atoms with E-state index in [0.29, 0.717) is 28.2 Å². The van der Waals surface area contributed by atoms with Crippen molar-refractivity contribution in [2.75, 3.05) is 11.1 Å². The second-order valence-corrected chi connectivity index (χ2v) is 6.03. The highest BCUT2D eigenvalue weighted by Crippen LogP contribution is 2.22. The molecule has 6 nitrogen and oxygen atoms in total. The first kappa shape index (κ1) is 16.1. The van der Waals surface area contributed by atoms with Crippen LogP contribution in [0.3, 0.4) is 0 Å². The second kappa shape index (κ2) is 7.65. The van der Waals surface area contributed by atoms with Gasteiger partial charge >= 0.3 is 0 Å². The van der Waals surface area contributed by atoms with E-state index in [2.05, 4.69) is 20.5 Å². The van der Waals surface area contributed by atoms with Crippen LogP contribution >= 0.6 is 11.8 Å². The molecule has 0 radical (unpaired) electrons. The number of nitrogens with one attached hydrogen (secondary N) is 2. The quantitative estimate of drug-likeness (QED) is 0.664. The number of nitrogens with zero attached hydrogens (tertiary/aromatic N) is 2. The fraction of sp³-hybridized carbons (Fsp3) is 0.118. The Morgan fingerprint density at radius 3 is 2.75 bits per heavy atom. The molecule has 24 heavy (non-hydrogen) atoms. The molecule has 3 aromatic rings. The van der Waals surface area contributed by atoms with Crippen molar-refractivity contribution < 1.29 is 9.53 Å². The lowest BCUT2D eigenvalue weighted by Gasteiger charge is -2.07. The molecule has 7 heteroatoms. The van der Waals surface area contributed by atoms with Crippen LogP contribution in [0.15, 0.2) is 59.8 Å². The number of carbonyl (C=O) groups excluding carboxylic acids is 1. The van der Waals surface area contributed by atoms with Gasteiger partial charge in [0, 0.05) is 5.56 Å². The number of anilines is 1. The van der Waals surface area contributed by atoms with Crippen LogP contribution in [0.25, 0.3) is 0 Å². The van der Waals surface area contributed by atoms with E-state index in [1.807, 2.05) is 37.3 Å². The molecule has 0 aliphatic heterocycles. The minimum Gasteiger partial charge on any atom is -0.457 e. The summed E-state index contributed by atoms with van der Waals surface area (Å²) in [7, 11) is 0. The van der Waals surface area contributed by atoms with Gasteiger partial charge in [0.15, 0.2) is 0 Å². The van der Waals surface area contributed by atoms with Gasteiger partial charge in [-0.15, -0.1) is 5.10 Å². The van der Waals surface area contributed by atoms with E-state index >= 15 is 0 Å². The van der Waals surface area contributed by atoms with Gasteiger partial charge in [-0.25, -0.2) is 5.10 Å². The highest BCUT2D eigenvalue weighted by Gasteiger charge is 2.10. The predicted octanol–water partition coefficient (Wildman–Crippen LogP) is 3.96. The molecule has 1 aromatic heterocycles. The van der Waals surface area contributed by atoms with E-state index in [0.717, 1.165) is 5.75 Å². The third kappa shape index (κ3) is 4.14. The summed E-state index contributed by atoms with van der Waals surface area (Å²) in [5, 5.41) is 10.0. The Kier molecular flexibility index (Phi) is 5.12. The Balaban J connectivity index is 1.69. The molecule has 1 amide bonds. The number of aromatic amines is 1. The zero-order valence-electron chi connectivity index (χ0n) is 13.0. The predicted molar refractivity (Wildman–Crippen MR) is 93.7 cm³/mol. The number of para-hydroxylation sites is 1. The molecule has 0 unspecified atom stereocenters. The van der Waals surface area contributed by atoms with Gasteiger partial charge in [0.05, 0.1) is 0 Å². The molecular weight excluding hydrogens is 324 g/mol. The molecule has 0 aliphatic rings.